The van der Waals surface area contributed by atoms with Gasteiger partial charge in [-0.1, -0.05) is 11.8 Å². The summed E-state index contributed by atoms with van der Waals surface area (Å²) in [4.78, 5) is 25.5. The van der Waals surface area contributed by atoms with Crippen molar-refractivity contribution in [3.05, 3.63) is 58.4 Å². The molecule has 0 fully saturated rings. The molecule has 19 heavy (non-hydrogen) atoms. The Morgan fingerprint density at radius 1 is 1.32 bits per heavy atom. The molecule has 0 aliphatic carbocycles. The molecule has 1 aromatic heterocycles. The summed E-state index contributed by atoms with van der Waals surface area (Å²) >= 11 is 0. The molecule has 0 atom stereocenters. The highest BCUT2D eigenvalue weighted by Crippen LogP contribution is 2.26. The van der Waals surface area contributed by atoms with Crippen LogP contribution in [0.5, 0.6) is 5.75 Å². The number of rotatable bonds is 3. The summed E-state index contributed by atoms with van der Waals surface area (Å²) in [6, 6.07) is 6.24. The van der Waals surface area contributed by atoms with Gasteiger partial charge in [0, 0.05) is 30.2 Å². The molecule has 1 amide bonds. The first kappa shape index (κ1) is 12.5. The third-order valence-corrected chi connectivity index (χ3v) is 2.35. The number of carbonyl (C=O) groups is 1. The monoisotopic (exact) mass is 258 g/mol. The summed E-state index contributed by atoms with van der Waals surface area (Å²) < 4.78 is 0. The van der Waals surface area contributed by atoms with E-state index >= 15 is 0 Å². The first-order valence-electron chi connectivity index (χ1n) is 5.25. The van der Waals surface area contributed by atoms with Gasteiger partial charge < -0.3 is 10.4 Å². The van der Waals surface area contributed by atoms with Crippen LogP contribution < -0.4 is 10.4 Å². The van der Waals surface area contributed by atoms with Gasteiger partial charge in [0.2, 0.25) is 0 Å². The molecule has 7 heteroatoms. The zero-order valence-electron chi connectivity index (χ0n) is 9.57. The van der Waals surface area contributed by atoms with E-state index < -0.39 is 16.6 Å². The van der Waals surface area contributed by atoms with Gasteiger partial charge in [0.05, 0.1) is 10.5 Å². The second-order valence-corrected chi connectivity index (χ2v) is 3.63. The lowest BCUT2D eigenvalue weighted by Gasteiger charge is -2.13. The highest BCUT2D eigenvalue weighted by atomic mass is 16.6. The zero-order valence-corrected chi connectivity index (χ0v) is 9.57. The number of anilines is 1. The number of non-ortho nitro benzene ring substituents is 1. The fraction of sp³-hybridized carbons (Fsp3) is 0. The van der Waals surface area contributed by atoms with Crippen molar-refractivity contribution in [1.29, 1.82) is 0 Å². The number of pyridine rings is 1. The number of nitrogens with one attached hydrogen (secondary N) is 1. The van der Waals surface area contributed by atoms with Crippen LogP contribution in [0.2, 0.25) is 0 Å². The normalized spacial score (nSPS) is 9.89. The van der Waals surface area contributed by atoms with Crippen LogP contribution in [-0.4, -0.2) is 15.8 Å². The van der Waals surface area contributed by atoms with Gasteiger partial charge in [-0.05, 0) is 12.1 Å². The van der Waals surface area contributed by atoms with E-state index in [2.05, 4.69) is 10.3 Å². The molecule has 2 rings (SSSR count). The molecule has 96 valence electrons. The number of nitro groups is 1. The lowest BCUT2D eigenvalue weighted by molar-refractivity contribution is -0.385. The molecular formula is C12H8N3O4-. The van der Waals surface area contributed by atoms with Gasteiger partial charge in [0.1, 0.15) is 0 Å². The Hall–Kier alpha value is -2.96. The number of nitrogens with zero attached hydrogens (tertiary/aromatic N) is 2. The van der Waals surface area contributed by atoms with Crippen molar-refractivity contribution in [2.45, 2.75) is 0 Å². The van der Waals surface area contributed by atoms with Crippen LogP contribution in [0.4, 0.5) is 11.4 Å². The maximum atomic E-state index is 11.8. The topological polar surface area (TPSA) is 108 Å². The van der Waals surface area contributed by atoms with Gasteiger partial charge in [-0.3, -0.25) is 19.9 Å². The van der Waals surface area contributed by atoms with E-state index in [9.17, 15) is 20.0 Å². The first-order valence-corrected chi connectivity index (χ1v) is 5.25. The molecular weight excluding hydrogens is 250 g/mol. The van der Waals surface area contributed by atoms with Crippen LogP contribution in [0, 0.1) is 10.1 Å². The number of nitro benzene ring substituents is 1. The van der Waals surface area contributed by atoms with Crippen molar-refractivity contribution in [3.63, 3.8) is 0 Å². The fourth-order valence-corrected chi connectivity index (χ4v) is 1.42. The maximum Gasteiger partial charge on any atom is 0.271 e. The van der Waals surface area contributed by atoms with Crippen LogP contribution in [0.15, 0.2) is 42.7 Å². The first-order chi connectivity index (χ1) is 9.08. The van der Waals surface area contributed by atoms with Crippen LogP contribution in [-0.2, 0) is 0 Å². The van der Waals surface area contributed by atoms with E-state index in [4.69, 9.17) is 0 Å². The maximum absolute atomic E-state index is 11.8. The molecule has 0 saturated carbocycles. The lowest BCUT2D eigenvalue weighted by atomic mass is 10.2. The van der Waals surface area contributed by atoms with Crippen molar-refractivity contribution in [2.75, 3.05) is 5.32 Å². The highest BCUT2D eigenvalue weighted by molar-refractivity contribution is 6.04. The molecule has 1 aromatic carbocycles. The quantitative estimate of drug-likeness (QED) is 0.659. The minimum absolute atomic E-state index is 0.136. The Bertz CT molecular complexity index is 628. The molecule has 0 saturated heterocycles. The minimum Gasteiger partial charge on any atom is -0.871 e. The fourth-order valence-electron chi connectivity index (χ4n) is 1.42. The van der Waals surface area contributed by atoms with E-state index in [0.29, 0.717) is 0 Å². The smallest absolute Gasteiger partial charge is 0.271 e. The van der Waals surface area contributed by atoms with E-state index in [1.807, 2.05) is 0 Å². The molecule has 0 aliphatic rings. The summed E-state index contributed by atoms with van der Waals surface area (Å²) in [5.41, 5.74) is -0.141. The van der Waals surface area contributed by atoms with E-state index in [0.717, 1.165) is 18.2 Å². The van der Waals surface area contributed by atoms with Crippen LogP contribution in [0.3, 0.4) is 0 Å². The van der Waals surface area contributed by atoms with Gasteiger partial charge in [0.25, 0.3) is 11.6 Å². The number of hydrogen-bond donors (Lipinski definition) is 1. The van der Waals surface area contributed by atoms with Gasteiger partial charge in [-0.25, -0.2) is 0 Å². The Balaban J connectivity index is 2.26. The lowest BCUT2D eigenvalue weighted by Crippen LogP contribution is -2.13. The summed E-state index contributed by atoms with van der Waals surface area (Å²) in [7, 11) is 0. The van der Waals surface area contributed by atoms with Crippen molar-refractivity contribution in [3.8, 4) is 5.75 Å². The average Bonchev–Trinajstić information content (AvgIpc) is 2.42. The molecule has 0 bridgehead atoms. The highest BCUT2D eigenvalue weighted by Gasteiger charge is 2.10. The molecule has 0 aliphatic heterocycles. The number of amides is 1. The summed E-state index contributed by atoms with van der Waals surface area (Å²) in [6.45, 7) is 0. The molecule has 1 heterocycles. The largest absolute Gasteiger partial charge is 0.871 e. The van der Waals surface area contributed by atoms with Gasteiger partial charge in [-0.2, -0.15) is 0 Å². The minimum atomic E-state index is -0.640. The predicted octanol–water partition coefficient (Wildman–Crippen LogP) is 1.32. The Labute approximate surface area is 107 Å². The van der Waals surface area contributed by atoms with E-state index in [-0.39, 0.29) is 16.9 Å². The summed E-state index contributed by atoms with van der Waals surface area (Å²) in [6.07, 6.45) is 2.83. The van der Waals surface area contributed by atoms with E-state index in [1.54, 1.807) is 6.07 Å². The molecule has 2 aromatic rings. The van der Waals surface area contributed by atoms with Crippen molar-refractivity contribution in [2.24, 2.45) is 0 Å². The Morgan fingerprint density at radius 2 is 2.11 bits per heavy atom. The third-order valence-electron chi connectivity index (χ3n) is 2.35. The van der Waals surface area contributed by atoms with Crippen LogP contribution in [0.25, 0.3) is 0 Å². The standard InChI is InChI=1S/C12H9N3O4/c16-11-4-3-9(15(18)19)6-10(11)14-12(17)8-2-1-5-13-7-8/h1-7,16H,(H,14,17)/p-1. The molecule has 7 nitrogen and oxygen atoms in total. The Kier molecular flexibility index (Phi) is 3.37. The number of aromatic nitrogens is 1. The summed E-state index contributed by atoms with van der Waals surface area (Å²) in [5, 5.41) is 24.4. The third kappa shape index (κ3) is 2.83. The molecule has 0 unspecified atom stereocenters. The van der Waals surface area contributed by atoms with Crippen LogP contribution in [0.1, 0.15) is 10.4 Å². The average molecular weight is 258 g/mol. The second kappa shape index (κ2) is 5.13. The number of hydrogen-bond acceptors (Lipinski definition) is 5. The van der Waals surface area contributed by atoms with Crippen molar-refractivity contribution < 1.29 is 14.8 Å². The predicted molar refractivity (Wildman–Crippen MR) is 64.7 cm³/mol. The summed E-state index contributed by atoms with van der Waals surface area (Å²) in [5.74, 6) is -1.05. The van der Waals surface area contributed by atoms with Crippen molar-refractivity contribution in [1.82, 2.24) is 4.98 Å². The zero-order chi connectivity index (χ0) is 13.8. The SMILES string of the molecule is O=C(Nc1cc([N+](=O)[O-])ccc1[O-])c1cccnc1. The van der Waals surface area contributed by atoms with Crippen molar-refractivity contribution >= 4 is 17.3 Å². The second-order valence-electron chi connectivity index (χ2n) is 3.63. The van der Waals surface area contributed by atoms with Gasteiger partial charge in [-0.15, -0.1) is 0 Å². The van der Waals surface area contributed by atoms with Gasteiger partial charge in [0.15, 0.2) is 0 Å². The number of carbonyl (C=O) groups excluding carboxylic acids is 1. The Morgan fingerprint density at radius 3 is 2.74 bits per heavy atom. The molecule has 0 spiro atoms. The number of benzene rings is 1. The van der Waals surface area contributed by atoms with E-state index in [1.165, 1.54) is 18.5 Å². The van der Waals surface area contributed by atoms with Gasteiger partial charge >= 0.3 is 0 Å². The molecule has 1 N–H and O–H groups in total. The van der Waals surface area contributed by atoms with Crippen LogP contribution >= 0.6 is 0 Å². The molecule has 0 radical (unpaired) electrons.